The van der Waals surface area contributed by atoms with Crippen LogP contribution in [0.1, 0.15) is 11.1 Å². The monoisotopic (exact) mass is 449 g/mol. The van der Waals surface area contributed by atoms with Gasteiger partial charge in [0.15, 0.2) is 11.5 Å². The number of benzene rings is 1. The van der Waals surface area contributed by atoms with Gasteiger partial charge in [-0.3, -0.25) is 10.1 Å². The summed E-state index contributed by atoms with van der Waals surface area (Å²) < 4.78 is 10.5. The molecule has 0 unspecified atom stereocenters. The summed E-state index contributed by atoms with van der Waals surface area (Å²) in [5, 5.41) is 6.80. The summed E-state index contributed by atoms with van der Waals surface area (Å²) in [4.78, 5) is 23.9. The Morgan fingerprint density at radius 2 is 1.93 bits per heavy atom. The molecule has 3 aromatic rings. The number of halogens is 2. The number of fused-ring (bicyclic) bond motifs is 1. The molecule has 2 aromatic heterocycles. The molecule has 10 heteroatoms. The van der Waals surface area contributed by atoms with Crippen LogP contribution in [0.15, 0.2) is 53.4 Å². The van der Waals surface area contributed by atoms with Gasteiger partial charge in [-0.1, -0.05) is 6.07 Å². The highest BCUT2D eigenvalue weighted by Crippen LogP contribution is 2.27. The van der Waals surface area contributed by atoms with Gasteiger partial charge in [-0.05, 0) is 35.9 Å². The first-order valence-corrected chi connectivity index (χ1v) is 8.66. The van der Waals surface area contributed by atoms with E-state index < -0.39 is 0 Å². The van der Waals surface area contributed by atoms with Crippen LogP contribution in [0.25, 0.3) is 17.1 Å². The molecule has 4 rings (SSSR count). The van der Waals surface area contributed by atoms with E-state index in [1.165, 1.54) is 0 Å². The fourth-order valence-electron chi connectivity index (χ4n) is 2.97. The summed E-state index contributed by atoms with van der Waals surface area (Å²) in [7, 11) is 3.18. The maximum absolute atomic E-state index is 12.2. The zero-order valence-corrected chi connectivity index (χ0v) is 17.9. The molecule has 0 radical (unpaired) electrons. The Kier molecular flexibility index (Phi) is 7.68. The Morgan fingerprint density at radius 1 is 1.13 bits per heavy atom. The summed E-state index contributed by atoms with van der Waals surface area (Å²) >= 11 is 0. The SMILES string of the molecule is COc1ccc(CNC2=NC(=Cc3c[nH]c4ncccc34)C(=O)N2)cc1OC.Cl.Cl. The number of guanidine groups is 1. The first kappa shape index (κ1) is 23.1. The van der Waals surface area contributed by atoms with Crippen molar-refractivity contribution < 1.29 is 14.3 Å². The van der Waals surface area contributed by atoms with Crippen molar-refractivity contribution in [2.24, 2.45) is 4.99 Å². The van der Waals surface area contributed by atoms with Crippen LogP contribution in [0.4, 0.5) is 0 Å². The highest BCUT2D eigenvalue weighted by Gasteiger charge is 2.20. The van der Waals surface area contributed by atoms with E-state index in [4.69, 9.17) is 9.47 Å². The van der Waals surface area contributed by atoms with Gasteiger partial charge in [-0.25, -0.2) is 9.98 Å². The van der Waals surface area contributed by atoms with Gasteiger partial charge in [0, 0.05) is 29.9 Å². The number of nitrogens with one attached hydrogen (secondary N) is 3. The molecule has 0 saturated carbocycles. The van der Waals surface area contributed by atoms with E-state index in [1.807, 2.05) is 36.5 Å². The van der Waals surface area contributed by atoms with Gasteiger partial charge >= 0.3 is 0 Å². The topological polar surface area (TPSA) is 101 Å². The Bertz CT molecular complexity index is 1110. The van der Waals surface area contributed by atoms with Crippen LogP contribution in [0, 0.1) is 0 Å². The number of aromatic nitrogens is 2. The number of aromatic amines is 1. The molecule has 8 nitrogen and oxygen atoms in total. The number of methoxy groups -OCH3 is 2. The van der Waals surface area contributed by atoms with Gasteiger partial charge in [0.1, 0.15) is 11.3 Å². The van der Waals surface area contributed by atoms with E-state index >= 15 is 0 Å². The molecular weight excluding hydrogens is 429 g/mol. The number of pyridine rings is 1. The van der Waals surface area contributed by atoms with Crippen molar-refractivity contribution in [3.63, 3.8) is 0 Å². The molecule has 0 spiro atoms. The minimum Gasteiger partial charge on any atom is -0.493 e. The second-order valence-electron chi connectivity index (χ2n) is 6.13. The molecule has 0 bridgehead atoms. The summed E-state index contributed by atoms with van der Waals surface area (Å²) in [5.74, 6) is 1.46. The van der Waals surface area contributed by atoms with Crippen molar-refractivity contribution in [2.75, 3.05) is 14.2 Å². The predicted octanol–water partition coefficient (Wildman–Crippen LogP) is 3.04. The molecule has 0 atom stereocenters. The zero-order valence-electron chi connectivity index (χ0n) is 16.3. The molecular formula is C20H21Cl2N5O3. The lowest BCUT2D eigenvalue weighted by Crippen LogP contribution is -2.35. The van der Waals surface area contributed by atoms with Crippen LogP contribution in [0.3, 0.4) is 0 Å². The molecule has 1 aromatic carbocycles. The van der Waals surface area contributed by atoms with E-state index in [9.17, 15) is 4.79 Å². The maximum Gasteiger partial charge on any atom is 0.276 e. The first-order chi connectivity index (χ1) is 13.7. The van der Waals surface area contributed by atoms with Crippen LogP contribution in [0.5, 0.6) is 11.5 Å². The fraction of sp³-hybridized carbons (Fsp3) is 0.150. The molecule has 0 fully saturated rings. The van der Waals surface area contributed by atoms with Gasteiger partial charge in [0.05, 0.1) is 14.2 Å². The molecule has 1 amide bonds. The zero-order chi connectivity index (χ0) is 19.5. The largest absolute Gasteiger partial charge is 0.493 e. The van der Waals surface area contributed by atoms with E-state index in [2.05, 4.69) is 25.6 Å². The number of carbonyl (C=O) groups is 1. The van der Waals surface area contributed by atoms with Gasteiger partial charge in [-0.15, -0.1) is 24.8 Å². The summed E-state index contributed by atoms with van der Waals surface area (Å²) in [6.07, 6.45) is 5.26. The molecule has 0 aliphatic carbocycles. The summed E-state index contributed by atoms with van der Waals surface area (Å²) in [6.45, 7) is 0.476. The number of carbonyl (C=O) groups excluding carboxylic acids is 1. The number of nitrogens with zero attached hydrogens (tertiary/aromatic N) is 2. The number of hydrogen-bond donors (Lipinski definition) is 3. The van der Waals surface area contributed by atoms with Crippen molar-refractivity contribution in [1.82, 2.24) is 20.6 Å². The van der Waals surface area contributed by atoms with E-state index in [0.29, 0.717) is 29.7 Å². The van der Waals surface area contributed by atoms with Crippen LogP contribution in [0.2, 0.25) is 0 Å². The molecule has 3 heterocycles. The summed E-state index contributed by atoms with van der Waals surface area (Å²) in [5.41, 5.74) is 2.93. The van der Waals surface area contributed by atoms with Crippen molar-refractivity contribution in [3.05, 3.63) is 59.5 Å². The lowest BCUT2D eigenvalue weighted by molar-refractivity contribution is -0.115. The quantitative estimate of drug-likeness (QED) is 0.519. The number of ether oxygens (including phenoxy) is 2. The minimum absolute atomic E-state index is 0. The summed E-state index contributed by atoms with van der Waals surface area (Å²) in [6, 6.07) is 9.42. The van der Waals surface area contributed by atoms with E-state index in [-0.39, 0.29) is 30.7 Å². The number of rotatable bonds is 5. The lowest BCUT2D eigenvalue weighted by atomic mass is 10.2. The van der Waals surface area contributed by atoms with Crippen molar-refractivity contribution in [2.45, 2.75) is 6.54 Å². The average Bonchev–Trinajstić information content (AvgIpc) is 3.30. The molecule has 0 saturated heterocycles. The van der Waals surface area contributed by atoms with Crippen molar-refractivity contribution in [1.29, 1.82) is 0 Å². The van der Waals surface area contributed by atoms with Gasteiger partial charge in [-0.2, -0.15) is 0 Å². The standard InChI is InChI=1S/C20H19N5O3.2ClH/c1-27-16-6-5-12(8-17(16)28-2)10-23-20-24-15(19(26)25-20)9-13-11-22-18-14(13)4-3-7-21-18;;/h3-9,11H,10H2,1-2H3,(H,21,22)(H2,23,24,25,26);2*1H. The van der Waals surface area contributed by atoms with Gasteiger partial charge < -0.3 is 19.8 Å². The normalized spacial score (nSPS) is 13.9. The number of H-pyrrole nitrogens is 1. The van der Waals surface area contributed by atoms with Crippen LogP contribution in [-0.2, 0) is 11.3 Å². The van der Waals surface area contributed by atoms with Gasteiger partial charge in [0.2, 0.25) is 5.96 Å². The third kappa shape index (κ3) is 4.67. The Balaban J connectivity index is 0.00000160. The Hall–Kier alpha value is -3.23. The molecule has 3 N–H and O–H groups in total. The second kappa shape index (κ2) is 10.00. The molecule has 1 aliphatic heterocycles. The number of aliphatic imine (C=N–C) groups is 1. The van der Waals surface area contributed by atoms with Crippen molar-refractivity contribution >= 4 is 53.8 Å². The highest BCUT2D eigenvalue weighted by molar-refractivity contribution is 6.14. The third-order valence-electron chi connectivity index (χ3n) is 4.38. The lowest BCUT2D eigenvalue weighted by Gasteiger charge is -2.10. The van der Waals surface area contributed by atoms with E-state index in [0.717, 1.165) is 22.2 Å². The van der Waals surface area contributed by atoms with Crippen molar-refractivity contribution in [3.8, 4) is 11.5 Å². The molecule has 30 heavy (non-hydrogen) atoms. The number of amides is 1. The highest BCUT2D eigenvalue weighted by atomic mass is 35.5. The smallest absolute Gasteiger partial charge is 0.276 e. The Morgan fingerprint density at radius 3 is 2.70 bits per heavy atom. The maximum atomic E-state index is 12.2. The number of hydrogen-bond acceptors (Lipinski definition) is 6. The average molecular weight is 450 g/mol. The van der Waals surface area contributed by atoms with Crippen LogP contribution < -0.4 is 20.1 Å². The Labute approximate surface area is 185 Å². The van der Waals surface area contributed by atoms with Crippen LogP contribution >= 0.6 is 24.8 Å². The molecule has 158 valence electrons. The van der Waals surface area contributed by atoms with E-state index in [1.54, 1.807) is 26.5 Å². The van der Waals surface area contributed by atoms with Crippen LogP contribution in [-0.4, -0.2) is 36.1 Å². The molecule has 1 aliphatic rings. The van der Waals surface area contributed by atoms with Gasteiger partial charge in [0.25, 0.3) is 5.91 Å². The second-order valence-corrected chi connectivity index (χ2v) is 6.13. The fourth-order valence-corrected chi connectivity index (χ4v) is 2.97. The predicted molar refractivity (Wildman–Crippen MR) is 121 cm³/mol. The first-order valence-electron chi connectivity index (χ1n) is 8.66. The minimum atomic E-state index is -0.256. The third-order valence-corrected chi connectivity index (χ3v) is 4.38.